The molecule has 0 bridgehead atoms. The Balaban J connectivity index is 1.87. The molecule has 0 spiro atoms. The molecule has 0 N–H and O–H groups in total. The molecule has 20 heavy (non-hydrogen) atoms. The maximum Gasteiger partial charge on any atom is 0.183 e. The smallest absolute Gasteiger partial charge is 0.183 e. The predicted molar refractivity (Wildman–Crippen MR) is 88.5 cm³/mol. The van der Waals surface area contributed by atoms with E-state index in [2.05, 4.69) is 25.8 Å². The molecule has 0 amide bonds. The molecule has 118 valence electrons. The fourth-order valence-electron chi connectivity index (χ4n) is 2.68. The van der Waals surface area contributed by atoms with Gasteiger partial charge in [-0.25, -0.2) is 4.99 Å². The van der Waals surface area contributed by atoms with E-state index in [9.17, 15) is 0 Å². The molecule has 0 aromatic carbocycles. The SMILES string of the molecule is CCCCCCCCCCCCC1=NC(C(C)C)CO1. The lowest BCUT2D eigenvalue weighted by Gasteiger charge is -2.06. The molecule has 0 aromatic rings. The zero-order valence-electron chi connectivity index (χ0n) is 14.0. The lowest BCUT2D eigenvalue weighted by Crippen LogP contribution is -2.13. The van der Waals surface area contributed by atoms with E-state index in [1.54, 1.807) is 0 Å². The number of hydrogen-bond acceptors (Lipinski definition) is 2. The van der Waals surface area contributed by atoms with Gasteiger partial charge >= 0.3 is 0 Å². The fourth-order valence-corrected chi connectivity index (χ4v) is 2.68. The van der Waals surface area contributed by atoms with Gasteiger partial charge in [-0.05, 0) is 12.3 Å². The Morgan fingerprint density at radius 2 is 1.50 bits per heavy atom. The second-order valence-corrected chi connectivity index (χ2v) is 6.58. The van der Waals surface area contributed by atoms with Crippen LogP contribution in [-0.4, -0.2) is 18.5 Å². The minimum Gasteiger partial charge on any atom is -0.479 e. The van der Waals surface area contributed by atoms with Gasteiger partial charge < -0.3 is 4.74 Å². The summed E-state index contributed by atoms with van der Waals surface area (Å²) < 4.78 is 5.66. The summed E-state index contributed by atoms with van der Waals surface area (Å²) in [5.74, 6) is 1.63. The summed E-state index contributed by atoms with van der Waals surface area (Å²) in [7, 11) is 0. The second-order valence-electron chi connectivity index (χ2n) is 6.58. The molecule has 0 aromatic heterocycles. The number of ether oxygens (including phenoxy) is 1. The maximum atomic E-state index is 5.66. The van der Waals surface area contributed by atoms with Crippen molar-refractivity contribution in [2.75, 3.05) is 6.61 Å². The van der Waals surface area contributed by atoms with Crippen LogP contribution in [-0.2, 0) is 4.74 Å². The highest BCUT2D eigenvalue weighted by molar-refractivity contribution is 5.77. The molecule has 1 aliphatic rings. The van der Waals surface area contributed by atoms with Crippen LogP contribution in [0.5, 0.6) is 0 Å². The van der Waals surface area contributed by atoms with Crippen LogP contribution in [0.2, 0.25) is 0 Å². The highest BCUT2D eigenvalue weighted by Gasteiger charge is 2.20. The van der Waals surface area contributed by atoms with E-state index in [0.717, 1.165) is 18.9 Å². The third-order valence-electron chi connectivity index (χ3n) is 4.24. The van der Waals surface area contributed by atoms with E-state index in [1.807, 2.05) is 0 Å². The van der Waals surface area contributed by atoms with Crippen molar-refractivity contribution in [1.29, 1.82) is 0 Å². The van der Waals surface area contributed by atoms with Crippen molar-refractivity contribution < 1.29 is 4.74 Å². The third kappa shape index (κ3) is 7.91. The summed E-state index contributed by atoms with van der Waals surface area (Å²) in [4.78, 5) is 4.66. The van der Waals surface area contributed by atoms with Crippen LogP contribution in [0.3, 0.4) is 0 Å². The highest BCUT2D eigenvalue weighted by atomic mass is 16.5. The van der Waals surface area contributed by atoms with E-state index in [1.165, 1.54) is 64.2 Å². The Labute approximate surface area is 126 Å². The van der Waals surface area contributed by atoms with Crippen LogP contribution in [0.4, 0.5) is 0 Å². The first kappa shape index (κ1) is 17.5. The van der Waals surface area contributed by atoms with E-state index >= 15 is 0 Å². The number of rotatable bonds is 12. The number of unbranched alkanes of at least 4 members (excludes halogenated alkanes) is 9. The Morgan fingerprint density at radius 3 is 2.00 bits per heavy atom. The van der Waals surface area contributed by atoms with Gasteiger partial charge in [0.25, 0.3) is 0 Å². The van der Waals surface area contributed by atoms with Gasteiger partial charge in [0.05, 0.1) is 6.04 Å². The average molecular weight is 281 g/mol. The van der Waals surface area contributed by atoms with Crippen LogP contribution in [0.25, 0.3) is 0 Å². The summed E-state index contributed by atoms with van der Waals surface area (Å²) >= 11 is 0. The third-order valence-corrected chi connectivity index (χ3v) is 4.24. The van der Waals surface area contributed by atoms with Gasteiger partial charge in [0.15, 0.2) is 5.90 Å². The van der Waals surface area contributed by atoms with Gasteiger partial charge in [0.2, 0.25) is 0 Å². The average Bonchev–Trinajstić information content (AvgIpc) is 2.90. The fraction of sp³-hybridized carbons (Fsp3) is 0.944. The van der Waals surface area contributed by atoms with Crippen LogP contribution < -0.4 is 0 Å². The van der Waals surface area contributed by atoms with Crippen LogP contribution in [0.1, 0.15) is 91.4 Å². The van der Waals surface area contributed by atoms with Gasteiger partial charge in [-0.1, -0.05) is 78.6 Å². The molecule has 0 aliphatic carbocycles. The molecule has 0 fully saturated rings. The summed E-state index contributed by atoms with van der Waals surface area (Å²) in [5.41, 5.74) is 0. The summed E-state index contributed by atoms with van der Waals surface area (Å²) in [6.45, 7) is 7.54. The van der Waals surface area contributed by atoms with Crippen molar-refractivity contribution >= 4 is 5.90 Å². The molecule has 2 nitrogen and oxygen atoms in total. The molecule has 1 heterocycles. The van der Waals surface area contributed by atoms with Crippen molar-refractivity contribution in [2.45, 2.75) is 97.4 Å². The van der Waals surface area contributed by atoms with Crippen molar-refractivity contribution in [3.05, 3.63) is 0 Å². The largest absolute Gasteiger partial charge is 0.479 e. The molecule has 1 unspecified atom stereocenters. The predicted octanol–water partition coefficient (Wildman–Crippen LogP) is 5.75. The first-order valence-electron chi connectivity index (χ1n) is 8.93. The monoisotopic (exact) mass is 281 g/mol. The Kier molecular flexibility index (Phi) is 9.78. The van der Waals surface area contributed by atoms with Crippen LogP contribution in [0, 0.1) is 5.92 Å². The number of nitrogens with zero attached hydrogens (tertiary/aromatic N) is 1. The molecular weight excluding hydrogens is 246 g/mol. The minimum absolute atomic E-state index is 0.410. The number of hydrogen-bond donors (Lipinski definition) is 0. The van der Waals surface area contributed by atoms with Gasteiger partial charge in [-0.3, -0.25) is 0 Å². The zero-order chi connectivity index (χ0) is 14.6. The van der Waals surface area contributed by atoms with E-state index in [0.29, 0.717) is 12.0 Å². The Bertz CT molecular complexity index is 260. The molecule has 1 aliphatic heterocycles. The van der Waals surface area contributed by atoms with E-state index in [-0.39, 0.29) is 0 Å². The van der Waals surface area contributed by atoms with Crippen molar-refractivity contribution in [1.82, 2.24) is 0 Å². The molecule has 0 saturated carbocycles. The number of aliphatic imine (C=N–C) groups is 1. The molecule has 1 rings (SSSR count). The quantitative estimate of drug-likeness (QED) is 0.417. The molecule has 0 radical (unpaired) electrons. The Morgan fingerprint density at radius 1 is 0.950 bits per heavy atom. The zero-order valence-corrected chi connectivity index (χ0v) is 14.0. The van der Waals surface area contributed by atoms with Crippen molar-refractivity contribution in [3.8, 4) is 0 Å². The standard InChI is InChI=1S/C18H35NO/c1-4-5-6-7-8-9-10-11-12-13-14-18-19-17(15-20-18)16(2)3/h16-17H,4-15H2,1-3H3. The van der Waals surface area contributed by atoms with Crippen LogP contribution in [0.15, 0.2) is 4.99 Å². The van der Waals surface area contributed by atoms with Gasteiger partial charge in [0, 0.05) is 6.42 Å². The Hall–Kier alpha value is -0.530. The maximum absolute atomic E-state index is 5.66. The molecular formula is C18H35NO. The molecule has 1 atom stereocenters. The van der Waals surface area contributed by atoms with Gasteiger partial charge in [0.1, 0.15) is 6.61 Å². The van der Waals surface area contributed by atoms with E-state index in [4.69, 9.17) is 4.74 Å². The molecule has 0 saturated heterocycles. The van der Waals surface area contributed by atoms with Crippen LogP contribution >= 0.6 is 0 Å². The van der Waals surface area contributed by atoms with Gasteiger partial charge in [-0.2, -0.15) is 0 Å². The lowest BCUT2D eigenvalue weighted by atomic mass is 10.1. The van der Waals surface area contributed by atoms with E-state index < -0.39 is 0 Å². The normalized spacial score (nSPS) is 18.4. The summed E-state index contributed by atoms with van der Waals surface area (Å²) in [6, 6.07) is 0.410. The molecule has 2 heteroatoms. The topological polar surface area (TPSA) is 21.6 Å². The summed E-state index contributed by atoms with van der Waals surface area (Å²) in [6.07, 6.45) is 14.9. The van der Waals surface area contributed by atoms with Crippen molar-refractivity contribution in [2.24, 2.45) is 10.9 Å². The summed E-state index contributed by atoms with van der Waals surface area (Å²) in [5, 5.41) is 0. The first-order chi connectivity index (χ1) is 9.74. The van der Waals surface area contributed by atoms with Crippen molar-refractivity contribution in [3.63, 3.8) is 0 Å². The first-order valence-corrected chi connectivity index (χ1v) is 8.93. The minimum atomic E-state index is 0.410. The second kappa shape index (κ2) is 11.2. The highest BCUT2D eigenvalue weighted by Crippen LogP contribution is 2.17. The lowest BCUT2D eigenvalue weighted by molar-refractivity contribution is 0.285. The van der Waals surface area contributed by atoms with Gasteiger partial charge in [-0.15, -0.1) is 0 Å².